The number of aliphatic carboxylic acids is 1. The smallest absolute Gasteiger partial charge is 0.330 e. The van der Waals surface area contributed by atoms with E-state index in [-0.39, 0.29) is 11.5 Å². The standard InChI is InChI=1S/C9H14N4O4/c1-3-4-6(9(14)15)10-8-7(13(16)17)5-12(2)11-8/h5-6H,3-4H2,1-2H3,(H,10,11)(H,14,15). The van der Waals surface area contributed by atoms with Crippen molar-refractivity contribution in [2.75, 3.05) is 5.32 Å². The van der Waals surface area contributed by atoms with Crippen LogP contribution in [0.3, 0.4) is 0 Å². The molecule has 0 fully saturated rings. The molecule has 1 aromatic heterocycles. The normalized spacial score (nSPS) is 12.1. The van der Waals surface area contributed by atoms with E-state index in [1.54, 1.807) is 0 Å². The maximum absolute atomic E-state index is 10.9. The number of hydrogen-bond donors (Lipinski definition) is 2. The van der Waals surface area contributed by atoms with Crippen LogP contribution in [0.1, 0.15) is 19.8 Å². The highest BCUT2D eigenvalue weighted by atomic mass is 16.6. The molecule has 0 amide bonds. The topological polar surface area (TPSA) is 110 Å². The molecule has 8 heteroatoms. The minimum atomic E-state index is -1.05. The van der Waals surface area contributed by atoms with Crippen LogP contribution < -0.4 is 5.32 Å². The highest BCUT2D eigenvalue weighted by molar-refractivity contribution is 5.77. The molecule has 1 unspecified atom stereocenters. The molecule has 1 atom stereocenters. The van der Waals surface area contributed by atoms with Crippen LogP contribution in [0.2, 0.25) is 0 Å². The zero-order valence-electron chi connectivity index (χ0n) is 9.58. The number of carboxylic acids is 1. The van der Waals surface area contributed by atoms with Gasteiger partial charge >= 0.3 is 11.7 Å². The van der Waals surface area contributed by atoms with Gasteiger partial charge in [-0.3, -0.25) is 14.8 Å². The monoisotopic (exact) mass is 242 g/mol. The van der Waals surface area contributed by atoms with Crippen LogP contribution >= 0.6 is 0 Å². The van der Waals surface area contributed by atoms with Crippen LogP contribution in [-0.2, 0) is 11.8 Å². The Morgan fingerprint density at radius 1 is 1.76 bits per heavy atom. The second-order valence-electron chi connectivity index (χ2n) is 3.62. The number of hydrogen-bond acceptors (Lipinski definition) is 5. The molecule has 0 saturated heterocycles. The maximum atomic E-state index is 10.9. The lowest BCUT2D eigenvalue weighted by Gasteiger charge is -2.11. The summed E-state index contributed by atoms with van der Waals surface area (Å²) in [4.78, 5) is 21.0. The average molecular weight is 242 g/mol. The fourth-order valence-electron chi connectivity index (χ4n) is 1.42. The predicted octanol–water partition coefficient (Wildman–Crippen LogP) is 0.993. The number of nitrogens with zero attached hydrogens (tertiary/aromatic N) is 3. The first-order valence-corrected chi connectivity index (χ1v) is 5.13. The third-order valence-electron chi connectivity index (χ3n) is 2.19. The van der Waals surface area contributed by atoms with Gasteiger partial charge < -0.3 is 10.4 Å². The number of rotatable bonds is 6. The van der Waals surface area contributed by atoms with Crippen molar-refractivity contribution in [3.63, 3.8) is 0 Å². The Labute approximate surface area is 97.4 Å². The Hall–Kier alpha value is -2.12. The number of carboxylic acid groups (broad SMARTS) is 1. The third kappa shape index (κ3) is 3.16. The SMILES string of the molecule is CCCC(Nc1nn(C)cc1[N+](=O)[O-])C(=O)O. The lowest BCUT2D eigenvalue weighted by molar-refractivity contribution is -0.384. The summed E-state index contributed by atoms with van der Waals surface area (Å²) < 4.78 is 1.27. The van der Waals surface area contributed by atoms with Crippen LogP contribution in [0.5, 0.6) is 0 Å². The number of carbonyl (C=O) groups is 1. The summed E-state index contributed by atoms with van der Waals surface area (Å²) in [6.07, 6.45) is 2.26. The van der Waals surface area contributed by atoms with E-state index < -0.39 is 16.9 Å². The van der Waals surface area contributed by atoms with Gasteiger partial charge in [-0.1, -0.05) is 13.3 Å². The highest BCUT2D eigenvalue weighted by Gasteiger charge is 2.24. The quantitative estimate of drug-likeness (QED) is 0.568. The lowest BCUT2D eigenvalue weighted by atomic mass is 10.2. The molecule has 17 heavy (non-hydrogen) atoms. The summed E-state index contributed by atoms with van der Waals surface area (Å²) in [5.74, 6) is -1.06. The van der Waals surface area contributed by atoms with Crippen molar-refractivity contribution in [3.8, 4) is 0 Å². The Balaban J connectivity index is 2.92. The average Bonchev–Trinajstić information content (AvgIpc) is 2.59. The fourth-order valence-corrected chi connectivity index (χ4v) is 1.42. The second-order valence-corrected chi connectivity index (χ2v) is 3.62. The minimum absolute atomic E-state index is 0.0154. The molecule has 0 aliphatic heterocycles. The summed E-state index contributed by atoms with van der Waals surface area (Å²) in [7, 11) is 1.54. The Morgan fingerprint density at radius 2 is 2.41 bits per heavy atom. The van der Waals surface area contributed by atoms with Crippen molar-refractivity contribution in [1.29, 1.82) is 0 Å². The van der Waals surface area contributed by atoms with Gasteiger partial charge in [-0.2, -0.15) is 0 Å². The van der Waals surface area contributed by atoms with E-state index in [4.69, 9.17) is 5.11 Å². The van der Waals surface area contributed by atoms with Gasteiger partial charge in [-0.15, -0.1) is 5.10 Å². The van der Waals surface area contributed by atoms with Gasteiger partial charge in [-0.25, -0.2) is 4.79 Å². The number of aryl methyl sites for hydroxylation is 1. The van der Waals surface area contributed by atoms with Gasteiger partial charge in [0.25, 0.3) is 0 Å². The van der Waals surface area contributed by atoms with Gasteiger partial charge in [0.1, 0.15) is 12.2 Å². The molecule has 0 aliphatic carbocycles. The summed E-state index contributed by atoms with van der Waals surface area (Å²) >= 11 is 0. The molecular formula is C9H14N4O4. The largest absolute Gasteiger partial charge is 0.480 e. The highest BCUT2D eigenvalue weighted by Crippen LogP contribution is 2.22. The molecule has 0 bridgehead atoms. The molecule has 8 nitrogen and oxygen atoms in total. The van der Waals surface area contributed by atoms with E-state index in [1.807, 2.05) is 6.92 Å². The molecule has 1 rings (SSSR count). The van der Waals surface area contributed by atoms with Crippen LogP contribution in [-0.4, -0.2) is 31.8 Å². The van der Waals surface area contributed by atoms with E-state index in [0.29, 0.717) is 12.8 Å². The second kappa shape index (κ2) is 5.28. The zero-order chi connectivity index (χ0) is 13.0. The summed E-state index contributed by atoms with van der Waals surface area (Å²) in [5.41, 5.74) is -0.227. The van der Waals surface area contributed by atoms with Crippen molar-refractivity contribution in [1.82, 2.24) is 9.78 Å². The van der Waals surface area contributed by atoms with E-state index in [9.17, 15) is 14.9 Å². The molecule has 0 radical (unpaired) electrons. The molecule has 0 aromatic carbocycles. The molecular weight excluding hydrogens is 228 g/mol. The van der Waals surface area contributed by atoms with Gasteiger partial charge in [0.2, 0.25) is 5.82 Å². The fraction of sp³-hybridized carbons (Fsp3) is 0.556. The maximum Gasteiger partial charge on any atom is 0.330 e. The number of nitrogens with one attached hydrogen (secondary N) is 1. The van der Waals surface area contributed by atoms with E-state index in [2.05, 4.69) is 10.4 Å². The van der Waals surface area contributed by atoms with Crippen LogP contribution in [0.4, 0.5) is 11.5 Å². The molecule has 0 aliphatic rings. The molecule has 2 N–H and O–H groups in total. The third-order valence-corrected chi connectivity index (χ3v) is 2.19. The van der Waals surface area contributed by atoms with Gasteiger partial charge in [0.15, 0.2) is 0 Å². The van der Waals surface area contributed by atoms with Crippen molar-refractivity contribution >= 4 is 17.5 Å². The lowest BCUT2D eigenvalue weighted by Crippen LogP contribution is -2.29. The Bertz CT molecular complexity index is 429. The van der Waals surface area contributed by atoms with Crippen molar-refractivity contribution in [3.05, 3.63) is 16.3 Å². The predicted molar refractivity (Wildman–Crippen MR) is 59.8 cm³/mol. The first-order chi connectivity index (χ1) is 7.95. The molecule has 94 valence electrons. The van der Waals surface area contributed by atoms with E-state index in [1.165, 1.54) is 17.9 Å². The van der Waals surface area contributed by atoms with Gasteiger partial charge in [0.05, 0.1) is 4.92 Å². The number of nitro groups is 1. The molecule has 1 aromatic rings. The summed E-state index contributed by atoms with van der Waals surface area (Å²) in [6, 6.07) is -0.867. The Morgan fingerprint density at radius 3 is 2.88 bits per heavy atom. The van der Waals surface area contributed by atoms with Crippen LogP contribution in [0.15, 0.2) is 6.20 Å². The number of aromatic nitrogens is 2. The van der Waals surface area contributed by atoms with E-state index in [0.717, 1.165) is 0 Å². The summed E-state index contributed by atoms with van der Waals surface area (Å²) in [6.45, 7) is 1.84. The van der Waals surface area contributed by atoms with Crippen molar-refractivity contribution in [2.24, 2.45) is 7.05 Å². The van der Waals surface area contributed by atoms with Gasteiger partial charge in [-0.05, 0) is 6.42 Å². The summed E-state index contributed by atoms with van der Waals surface area (Å²) in [5, 5.41) is 26.1. The first-order valence-electron chi connectivity index (χ1n) is 5.13. The van der Waals surface area contributed by atoms with Gasteiger partial charge in [0, 0.05) is 7.05 Å². The molecule has 0 spiro atoms. The van der Waals surface area contributed by atoms with Crippen molar-refractivity contribution in [2.45, 2.75) is 25.8 Å². The van der Waals surface area contributed by atoms with Crippen LogP contribution in [0.25, 0.3) is 0 Å². The minimum Gasteiger partial charge on any atom is -0.480 e. The molecule has 1 heterocycles. The first kappa shape index (κ1) is 12.9. The molecule has 0 saturated carbocycles. The zero-order valence-corrected chi connectivity index (χ0v) is 9.58. The Kier molecular flexibility index (Phi) is 4.02. The van der Waals surface area contributed by atoms with E-state index >= 15 is 0 Å². The van der Waals surface area contributed by atoms with Crippen LogP contribution in [0, 0.1) is 10.1 Å². The number of anilines is 1. The van der Waals surface area contributed by atoms with Crippen molar-refractivity contribution < 1.29 is 14.8 Å².